The lowest BCUT2D eigenvalue weighted by Crippen LogP contribution is -2.35. The highest BCUT2D eigenvalue weighted by Gasteiger charge is 2.25. The van der Waals surface area contributed by atoms with Crippen molar-refractivity contribution in [2.75, 3.05) is 37.0 Å². The monoisotopic (exact) mass is 384 g/mol. The van der Waals surface area contributed by atoms with E-state index >= 15 is 0 Å². The quantitative estimate of drug-likeness (QED) is 0.750. The van der Waals surface area contributed by atoms with Crippen LogP contribution in [0.5, 0.6) is 0 Å². The number of hydrogen-bond acceptors (Lipinski definition) is 5. The highest BCUT2D eigenvalue weighted by molar-refractivity contribution is 8.00. The molecule has 0 bridgehead atoms. The zero-order valence-corrected chi connectivity index (χ0v) is 16.7. The second kappa shape index (κ2) is 8.48. The number of carbonyl (C=O) groups excluding carboxylic acids is 2. The molecule has 0 spiro atoms. The van der Waals surface area contributed by atoms with Gasteiger partial charge in [0.25, 0.3) is 5.91 Å². The Kier molecular flexibility index (Phi) is 6.06. The summed E-state index contributed by atoms with van der Waals surface area (Å²) in [7, 11) is 3.87. The van der Waals surface area contributed by atoms with Gasteiger partial charge in [-0.1, -0.05) is 19.1 Å². The van der Waals surface area contributed by atoms with E-state index in [9.17, 15) is 9.59 Å². The predicted octanol–water partition coefficient (Wildman–Crippen LogP) is 3.83. The van der Waals surface area contributed by atoms with Crippen LogP contribution in [0.25, 0.3) is 0 Å². The molecule has 1 heterocycles. The summed E-state index contributed by atoms with van der Waals surface area (Å²) in [6, 6.07) is 15.0. The van der Waals surface area contributed by atoms with Gasteiger partial charge in [-0.2, -0.15) is 0 Å². The molecular formula is C21H24N2O3S. The second-order valence-electron chi connectivity index (χ2n) is 6.75. The molecule has 2 aromatic rings. The molecule has 0 aliphatic carbocycles. The van der Waals surface area contributed by atoms with Gasteiger partial charge in [0.15, 0.2) is 6.61 Å². The first-order valence-electron chi connectivity index (χ1n) is 8.96. The molecule has 0 saturated carbocycles. The standard InChI is InChI=1S/C21H24N2O3S/c1-15-12-13-23(18-6-4-5-7-19(18)27-15)20(24)14-26-21(25)16-8-10-17(11-9-16)22(2)3/h4-11,15H,12-14H2,1-3H3. The Bertz CT molecular complexity index is 820. The molecule has 1 atom stereocenters. The van der Waals surface area contributed by atoms with E-state index in [0.717, 1.165) is 22.7 Å². The van der Waals surface area contributed by atoms with Gasteiger partial charge in [-0.15, -0.1) is 11.8 Å². The molecule has 0 N–H and O–H groups in total. The molecule has 0 aromatic heterocycles. The zero-order chi connectivity index (χ0) is 19.4. The number of rotatable bonds is 4. The van der Waals surface area contributed by atoms with Gasteiger partial charge < -0.3 is 14.5 Å². The van der Waals surface area contributed by atoms with Crippen molar-refractivity contribution in [1.82, 2.24) is 0 Å². The zero-order valence-electron chi connectivity index (χ0n) is 15.8. The minimum atomic E-state index is -0.487. The normalized spacial score (nSPS) is 16.3. The molecule has 6 heteroatoms. The van der Waals surface area contributed by atoms with Crippen LogP contribution in [0.4, 0.5) is 11.4 Å². The SMILES string of the molecule is CC1CCN(C(=O)COC(=O)c2ccc(N(C)C)cc2)c2ccccc2S1. The smallest absolute Gasteiger partial charge is 0.338 e. The molecule has 2 aromatic carbocycles. The molecule has 1 unspecified atom stereocenters. The minimum Gasteiger partial charge on any atom is -0.452 e. The Morgan fingerprint density at radius 1 is 1.15 bits per heavy atom. The largest absolute Gasteiger partial charge is 0.452 e. The van der Waals surface area contributed by atoms with Crippen molar-refractivity contribution in [3.05, 3.63) is 54.1 Å². The minimum absolute atomic E-state index is 0.199. The molecule has 1 aliphatic heterocycles. The van der Waals surface area contributed by atoms with E-state index in [1.807, 2.05) is 55.4 Å². The van der Waals surface area contributed by atoms with Crippen molar-refractivity contribution in [1.29, 1.82) is 0 Å². The maximum absolute atomic E-state index is 12.7. The third-order valence-electron chi connectivity index (χ3n) is 4.49. The lowest BCUT2D eigenvalue weighted by atomic mass is 10.2. The van der Waals surface area contributed by atoms with Gasteiger partial charge in [-0.3, -0.25) is 4.79 Å². The fraction of sp³-hybridized carbons (Fsp3) is 0.333. The fourth-order valence-corrected chi connectivity index (χ4v) is 4.04. The molecule has 0 saturated heterocycles. The molecule has 3 rings (SSSR count). The Hall–Kier alpha value is -2.47. The summed E-state index contributed by atoms with van der Waals surface area (Å²) in [6.07, 6.45) is 0.894. The molecule has 1 amide bonds. The lowest BCUT2D eigenvalue weighted by Gasteiger charge is -2.22. The van der Waals surface area contributed by atoms with Crippen molar-refractivity contribution in [2.24, 2.45) is 0 Å². The Labute approximate surface area is 164 Å². The molecule has 5 nitrogen and oxygen atoms in total. The van der Waals surface area contributed by atoms with Crippen molar-refractivity contribution in [2.45, 2.75) is 23.5 Å². The molecule has 0 radical (unpaired) electrons. The van der Waals surface area contributed by atoms with Gasteiger partial charge in [0.1, 0.15) is 0 Å². The van der Waals surface area contributed by atoms with Crippen LogP contribution in [-0.4, -0.2) is 44.4 Å². The Morgan fingerprint density at radius 2 is 1.85 bits per heavy atom. The predicted molar refractivity (Wildman–Crippen MR) is 110 cm³/mol. The van der Waals surface area contributed by atoms with Crippen LogP contribution in [0.3, 0.4) is 0 Å². The van der Waals surface area contributed by atoms with Crippen molar-refractivity contribution < 1.29 is 14.3 Å². The topological polar surface area (TPSA) is 49.9 Å². The maximum atomic E-state index is 12.7. The van der Waals surface area contributed by atoms with E-state index in [4.69, 9.17) is 4.74 Å². The summed E-state index contributed by atoms with van der Waals surface area (Å²) in [4.78, 5) is 29.8. The number of carbonyl (C=O) groups is 2. The maximum Gasteiger partial charge on any atom is 0.338 e. The molecule has 0 fully saturated rings. The summed E-state index contributed by atoms with van der Waals surface area (Å²) < 4.78 is 5.28. The number of amides is 1. The second-order valence-corrected chi connectivity index (χ2v) is 8.23. The van der Waals surface area contributed by atoms with E-state index in [-0.39, 0.29) is 12.5 Å². The molecule has 27 heavy (non-hydrogen) atoms. The van der Waals surface area contributed by atoms with E-state index < -0.39 is 5.97 Å². The van der Waals surface area contributed by atoms with Gasteiger partial charge in [-0.25, -0.2) is 4.79 Å². The van der Waals surface area contributed by atoms with Crippen LogP contribution in [0.1, 0.15) is 23.7 Å². The first-order valence-corrected chi connectivity index (χ1v) is 9.84. The van der Waals surface area contributed by atoms with E-state index in [1.165, 1.54) is 0 Å². The first-order chi connectivity index (χ1) is 13.0. The van der Waals surface area contributed by atoms with Crippen molar-refractivity contribution in [3.63, 3.8) is 0 Å². The lowest BCUT2D eigenvalue weighted by molar-refractivity contribution is -0.121. The Balaban J connectivity index is 1.66. The molecule has 142 valence electrons. The third kappa shape index (κ3) is 4.63. The van der Waals surface area contributed by atoms with E-state index in [0.29, 0.717) is 17.4 Å². The average Bonchev–Trinajstić information content (AvgIpc) is 2.84. The number of anilines is 2. The van der Waals surface area contributed by atoms with Gasteiger partial charge in [0, 0.05) is 36.5 Å². The fourth-order valence-electron chi connectivity index (χ4n) is 2.93. The number of esters is 1. The van der Waals surface area contributed by atoms with Crippen LogP contribution in [0.2, 0.25) is 0 Å². The first kappa shape index (κ1) is 19.3. The number of fused-ring (bicyclic) bond motifs is 1. The highest BCUT2D eigenvalue weighted by atomic mass is 32.2. The number of thioether (sulfide) groups is 1. The van der Waals surface area contributed by atoms with Crippen LogP contribution in [0.15, 0.2) is 53.4 Å². The van der Waals surface area contributed by atoms with Gasteiger partial charge >= 0.3 is 5.97 Å². The summed E-state index contributed by atoms with van der Waals surface area (Å²) in [5, 5.41) is 0.432. The number of hydrogen-bond donors (Lipinski definition) is 0. The van der Waals surface area contributed by atoms with Gasteiger partial charge in [-0.05, 0) is 42.8 Å². The third-order valence-corrected chi connectivity index (χ3v) is 5.73. The number of benzene rings is 2. The highest BCUT2D eigenvalue weighted by Crippen LogP contribution is 2.37. The van der Waals surface area contributed by atoms with Gasteiger partial charge in [0.05, 0.1) is 11.3 Å². The average molecular weight is 385 g/mol. The summed E-state index contributed by atoms with van der Waals surface area (Å²) in [5.74, 6) is -0.685. The summed E-state index contributed by atoms with van der Waals surface area (Å²) in [6.45, 7) is 2.52. The van der Waals surface area contributed by atoms with Crippen LogP contribution >= 0.6 is 11.8 Å². The number of para-hydroxylation sites is 1. The molecule has 1 aliphatic rings. The van der Waals surface area contributed by atoms with Crippen molar-refractivity contribution in [3.8, 4) is 0 Å². The van der Waals surface area contributed by atoms with Crippen LogP contribution in [-0.2, 0) is 9.53 Å². The van der Waals surface area contributed by atoms with Gasteiger partial charge in [0.2, 0.25) is 0 Å². The summed E-state index contributed by atoms with van der Waals surface area (Å²) >= 11 is 1.77. The summed E-state index contributed by atoms with van der Waals surface area (Å²) in [5.41, 5.74) is 2.33. The molecular weight excluding hydrogens is 360 g/mol. The number of ether oxygens (including phenoxy) is 1. The Morgan fingerprint density at radius 3 is 2.56 bits per heavy atom. The van der Waals surface area contributed by atoms with Crippen LogP contribution < -0.4 is 9.80 Å². The van der Waals surface area contributed by atoms with E-state index in [1.54, 1.807) is 28.8 Å². The van der Waals surface area contributed by atoms with E-state index in [2.05, 4.69) is 6.92 Å². The van der Waals surface area contributed by atoms with Crippen molar-refractivity contribution >= 4 is 35.0 Å². The van der Waals surface area contributed by atoms with Crippen LogP contribution in [0, 0.1) is 0 Å². The number of nitrogens with zero attached hydrogens (tertiary/aromatic N) is 2.